The van der Waals surface area contributed by atoms with Crippen LogP contribution in [0.4, 0.5) is 4.79 Å². The van der Waals surface area contributed by atoms with E-state index in [9.17, 15) is 9.59 Å². The van der Waals surface area contributed by atoms with Gasteiger partial charge >= 0.3 is 12.0 Å². The zero-order valence-electron chi connectivity index (χ0n) is 12.2. The molecule has 5 heteroatoms. The van der Waals surface area contributed by atoms with Crippen molar-refractivity contribution in [3.8, 4) is 0 Å². The minimum absolute atomic E-state index is 0.120. The quantitative estimate of drug-likeness (QED) is 0.805. The Labute approximate surface area is 115 Å². The van der Waals surface area contributed by atoms with Gasteiger partial charge in [0.05, 0.1) is 5.92 Å². The van der Waals surface area contributed by atoms with E-state index in [0.717, 1.165) is 19.3 Å². The molecule has 2 N–H and O–H groups in total. The minimum atomic E-state index is -0.800. The Morgan fingerprint density at radius 1 is 1.37 bits per heavy atom. The van der Waals surface area contributed by atoms with Crippen LogP contribution in [0.15, 0.2) is 0 Å². The van der Waals surface area contributed by atoms with Gasteiger partial charge in [-0.2, -0.15) is 0 Å². The number of likely N-dealkylation sites (tertiary alicyclic amines) is 1. The Bertz CT molecular complexity index is 316. The number of hydrogen-bond acceptors (Lipinski definition) is 2. The Morgan fingerprint density at radius 2 is 2.00 bits per heavy atom. The van der Waals surface area contributed by atoms with Crippen LogP contribution in [0, 0.1) is 11.8 Å². The summed E-state index contributed by atoms with van der Waals surface area (Å²) in [4.78, 5) is 24.8. The number of hydrogen-bond donors (Lipinski definition) is 2. The Hall–Kier alpha value is -1.26. The molecule has 2 atom stereocenters. The van der Waals surface area contributed by atoms with Gasteiger partial charge in [0.2, 0.25) is 0 Å². The molecule has 1 saturated heterocycles. The third-order valence-electron chi connectivity index (χ3n) is 4.16. The van der Waals surface area contributed by atoms with Crippen LogP contribution in [0.25, 0.3) is 0 Å². The lowest BCUT2D eigenvalue weighted by atomic mass is 9.95. The molecule has 1 heterocycles. The molecule has 1 fully saturated rings. The maximum atomic E-state index is 12.1. The molecule has 0 spiro atoms. The van der Waals surface area contributed by atoms with Crippen molar-refractivity contribution in [2.45, 2.75) is 52.5 Å². The average Bonchev–Trinajstić information content (AvgIpc) is 2.40. The fourth-order valence-electron chi connectivity index (χ4n) is 2.76. The second-order valence-electron chi connectivity index (χ2n) is 5.44. The molecule has 5 nitrogen and oxygen atoms in total. The number of carbonyl (C=O) groups is 2. The van der Waals surface area contributed by atoms with E-state index in [2.05, 4.69) is 19.2 Å². The number of urea groups is 1. The van der Waals surface area contributed by atoms with E-state index in [0.29, 0.717) is 25.4 Å². The summed E-state index contributed by atoms with van der Waals surface area (Å²) in [5.74, 6) is -0.738. The molecular formula is C14H26N2O3. The zero-order valence-corrected chi connectivity index (χ0v) is 12.2. The van der Waals surface area contributed by atoms with Crippen molar-refractivity contribution in [2.75, 3.05) is 13.1 Å². The van der Waals surface area contributed by atoms with Gasteiger partial charge in [0.25, 0.3) is 0 Å². The number of carboxylic acids is 1. The lowest BCUT2D eigenvalue weighted by molar-refractivity contribution is -0.143. The van der Waals surface area contributed by atoms with E-state index in [1.807, 2.05) is 6.92 Å². The van der Waals surface area contributed by atoms with Gasteiger partial charge < -0.3 is 15.3 Å². The fraction of sp³-hybridized carbons (Fsp3) is 0.857. The normalized spacial score (nSPS) is 21.3. The van der Waals surface area contributed by atoms with Gasteiger partial charge in [-0.15, -0.1) is 0 Å². The van der Waals surface area contributed by atoms with Gasteiger partial charge in [0.15, 0.2) is 0 Å². The van der Waals surface area contributed by atoms with E-state index >= 15 is 0 Å². The molecule has 0 radical (unpaired) electrons. The highest BCUT2D eigenvalue weighted by Crippen LogP contribution is 2.18. The zero-order chi connectivity index (χ0) is 14.4. The Kier molecular flexibility index (Phi) is 6.12. The predicted molar refractivity (Wildman–Crippen MR) is 74.0 cm³/mol. The summed E-state index contributed by atoms with van der Waals surface area (Å²) < 4.78 is 0. The van der Waals surface area contributed by atoms with Gasteiger partial charge in [-0.1, -0.05) is 26.7 Å². The van der Waals surface area contributed by atoms with Crippen LogP contribution in [0.1, 0.15) is 46.5 Å². The van der Waals surface area contributed by atoms with Crippen LogP contribution >= 0.6 is 0 Å². The smallest absolute Gasteiger partial charge is 0.317 e. The highest BCUT2D eigenvalue weighted by molar-refractivity contribution is 5.76. The molecule has 0 aromatic rings. The van der Waals surface area contributed by atoms with Gasteiger partial charge in [-0.3, -0.25) is 4.79 Å². The molecule has 1 rings (SSSR count). The number of piperidine rings is 1. The van der Waals surface area contributed by atoms with Crippen molar-refractivity contribution in [1.29, 1.82) is 0 Å². The maximum absolute atomic E-state index is 12.1. The molecular weight excluding hydrogens is 244 g/mol. The van der Waals surface area contributed by atoms with Crippen molar-refractivity contribution >= 4 is 12.0 Å². The van der Waals surface area contributed by atoms with E-state index < -0.39 is 11.9 Å². The van der Waals surface area contributed by atoms with E-state index in [-0.39, 0.29) is 12.1 Å². The van der Waals surface area contributed by atoms with E-state index in [4.69, 9.17) is 5.11 Å². The van der Waals surface area contributed by atoms with E-state index in [1.54, 1.807) is 4.90 Å². The third-order valence-corrected chi connectivity index (χ3v) is 4.16. The SMILES string of the molecule is CCC(CC)C(C)NC(=O)N1CCCC(C(=O)O)C1. The summed E-state index contributed by atoms with van der Waals surface area (Å²) in [5, 5.41) is 12.0. The second kappa shape index (κ2) is 7.36. The molecule has 0 saturated carbocycles. The first-order chi connectivity index (χ1) is 8.99. The van der Waals surface area contributed by atoms with Gasteiger partial charge in [0.1, 0.15) is 0 Å². The number of nitrogens with zero attached hydrogens (tertiary/aromatic N) is 1. The minimum Gasteiger partial charge on any atom is -0.481 e. The van der Waals surface area contributed by atoms with Crippen molar-refractivity contribution in [3.63, 3.8) is 0 Å². The molecule has 2 amide bonds. The van der Waals surface area contributed by atoms with Crippen LogP contribution in [-0.4, -0.2) is 41.1 Å². The molecule has 2 unspecified atom stereocenters. The summed E-state index contributed by atoms with van der Waals surface area (Å²) in [6.45, 7) is 7.26. The molecule has 1 aliphatic heterocycles. The monoisotopic (exact) mass is 270 g/mol. The molecule has 19 heavy (non-hydrogen) atoms. The fourth-order valence-corrected chi connectivity index (χ4v) is 2.76. The maximum Gasteiger partial charge on any atom is 0.317 e. The lowest BCUT2D eigenvalue weighted by Gasteiger charge is -2.33. The number of carboxylic acid groups (broad SMARTS) is 1. The van der Waals surface area contributed by atoms with Crippen LogP contribution < -0.4 is 5.32 Å². The molecule has 0 aliphatic carbocycles. The average molecular weight is 270 g/mol. The standard InChI is InChI=1S/C14H26N2O3/c1-4-11(5-2)10(3)15-14(19)16-8-6-7-12(9-16)13(17)18/h10-12H,4-9H2,1-3H3,(H,15,19)(H,17,18). The topological polar surface area (TPSA) is 69.6 Å². The van der Waals surface area contributed by atoms with Gasteiger partial charge in [-0.05, 0) is 25.7 Å². The largest absolute Gasteiger partial charge is 0.481 e. The molecule has 0 aromatic heterocycles. The first-order valence-corrected chi connectivity index (χ1v) is 7.27. The second-order valence-corrected chi connectivity index (χ2v) is 5.44. The summed E-state index contributed by atoms with van der Waals surface area (Å²) in [5.41, 5.74) is 0. The number of aliphatic carboxylic acids is 1. The van der Waals surface area contributed by atoms with Crippen molar-refractivity contribution in [1.82, 2.24) is 10.2 Å². The molecule has 0 bridgehead atoms. The molecule has 110 valence electrons. The molecule has 1 aliphatic rings. The highest BCUT2D eigenvalue weighted by atomic mass is 16.4. The summed E-state index contributed by atoms with van der Waals surface area (Å²) in [7, 11) is 0. The summed E-state index contributed by atoms with van der Waals surface area (Å²) in [6, 6.07) is 0.0121. The van der Waals surface area contributed by atoms with Crippen LogP contribution in [0.2, 0.25) is 0 Å². The van der Waals surface area contributed by atoms with Crippen LogP contribution in [-0.2, 0) is 4.79 Å². The highest BCUT2D eigenvalue weighted by Gasteiger charge is 2.29. The van der Waals surface area contributed by atoms with Crippen LogP contribution in [0.3, 0.4) is 0 Å². The summed E-state index contributed by atoms with van der Waals surface area (Å²) in [6.07, 6.45) is 3.51. The summed E-state index contributed by atoms with van der Waals surface area (Å²) >= 11 is 0. The number of carbonyl (C=O) groups excluding carboxylic acids is 1. The Morgan fingerprint density at radius 3 is 2.53 bits per heavy atom. The van der Waals surface area contributed by atoms with Crippen molar-refractivity contribution in [2.24, 2.45) is 11.8 Å². The molecule has 0 aromatic carbocycles. The first kappa shape index (κ1) is 15.8. The van der Waals surface area contributed by atoms with Gasteiger partial charge in [0, 0.05) is 19.1 Å². The van der Waals surface area contributed by atoms with Crippen molar-refractivity contribution < 1.29 is 14.7 Å². The van der Waals surface area contributed by atoms with Crippen LogP contribution in [0.5, 0.6) is 0 Å². The lowest BCUT2D eigenvalue weighted by Crippen LogP contribution is -2.50. The van der Waals surface area contributed by atoms with E-state index in [1.165, 1.54) is 0 Å². The van der Waals surface area contributed by atoms with Gasteiger partial charge in [-0.25, -0.2) is 4.79 Å². The Balaban J connectivity index is 2.50. The third kappa shape index (κ3) is 4.40. The van der Waals surface area contributed by atoms with Crippen molar-refractivity contribution in [3.05, 3.63) is 0 Å². The number of amides is 2. The predicted octanol–water partition coefficient (Wildman–Crippen LogP) is 2.32. The number of nitrogens with one attached hydrogen (secondary N) is 1. The first-order valence-electron chi connectivity index (χ1n) is 7.27. The number of rotatable bonds is 5.